The smallest absolute Gasteiger partial charge is 0.494 e. The van der Waals surface area contributed by atoms with Crippen LogP contribution in [0.3, 0.4) is 0 Å². The Morgan fingerprint density at radius 1 is 1.00 bits per heavy atom. The summed E-state index contributed by atoms with van der Waals surface area (Å²) in [6.45, 7) is 2.21. The van der Waals surface area contributed by atoms with Gasteiger partial charge in [0.15, 0.2) is 0 Å². The molecule has 2 aromatic rings. The van der Waals surface area contributed by atoms with Gasteiger partial charge in [-0.3, -0.25) is 14.5 Å². The van der Waals surface area contributed by atoms with Crippen LogP contribution >= 0.6 is 22.7 Å². The fourth-order valence-corrected chi connectivity index (χ4v) is 4.05. The summed E-state index contributed by atoms with van der Waals surface area (Å²) < 4.78 is 11.2. The number of carbonyl (C=O) groups is 2. The van der Waals surface area contributed by atoms with Crippen molar-refractivity contribution in [3.63, 3.8) is 0 Å². The molecule has 0 spiro atoms. The Balaban J connectivity index is 1.82. The molecule has 1 fully saturated rings. The standard InChI is InChI=1S/C14H14BNO4S2/c1-9-3-4-10(21-9)11-5-6-12(22-11)15-19-13(17)7-16(2)8-14(18)20-15/h3-6H,7-8H2,1-2H3. The van der Waals surface area contributed by atoms with Gasteiger partial charge in [-0.2, -0.15) is 0 Å². The summed E-state index contributed by atoms with van der Waals surface area (Å²) in [5.41, 5.74) is 0. The van der Waals surface area contributed by atoms with Crippen LogP contribution in [0.4, 0.5) is 0 Å². The minimum Gasteiger partial charge on any atom is -0.494 e. The maximum atomic E-state index is 11.8. The molecule has 1 aliphatic rings. The molecule has 2 aromatic heterocycles. The van der Waals surface area contributed by atoms with Crippen LogP contribution in [0.15, 0.2) is 24.3 Å². The van der Waals surface area contributed by atoms with Gasteiger partial charge in [-0.25, -0.2) is 0 Å². The molecule has 0 N–H and O–H groups in total. The van der Waals surface area contributed by atoms with Gasteiger partial charge in [0.25, 0.3) is 0 Å². The average Bonchev–Trinajstić information content (AvgIpc) is 3.04. The van der Waals surface area contributed by atoms with Gasteiger partial charge in [-0.15, -0.1) is 22.7 Å². The summed E-state index contributed by atoms with van der Waals surface area (Å²) in [5.74, 6) is -0.802. The van der Waals surface area contributed by atoms with Crippen LogP contribution in [0.25, 0.3) is 9.75 Å². The fourth-order valence-electron chi connectivity index (χ4n) is 2.13. The number of hydrogen-bond acceptors (Lipinski definition) is 7. The summed E-state index contributed by atoms with van der Waals surface area (Å²) >= 11 is 3.17. The predicted molar refractivity (Wildman–Crippen MR) is 87.4 cm³/mol. The second-order valence-corrected chi connectivity index (χ2v) is 7.50. The van der Waals surface area contributed by atoms with E-state index < -0.39 is 19.1 Å². The molecule has 114 valence electrons. The maximum absolute atomic E-state index is 11.8. The van der Waals surface area contributed by atoms with Crippen molar-refractivity contribution in [1.82, 2.24) is 4.90 Å². The highest BCUT2D eigenvalue weighted by molar-refractivity contribution is 7.28. The van der Waals surface area contributed by atoms with E-state index in [9.17, 15) is 9.59 Å². The minimum absolute atomic E-state index is 0.0773. The van der Waals surface area contributed by atoms with Gasteiger partial charge in [0.2, 0.25) is 0 Å². The molecule has 0 radical (unpaired) electrons. The lowest BCUT2D eigenvalue weighted by molar-refractivity contribution is -0.145. The first-order chi connectivity index (χ1) is 10.5. The number of nitrogens with zero attached hydrogens (tertiary/aromatic N) is 1. The third-order valence-corrected chi connectivity index (χ3v) is 5.42. The van der Waals surface area contributed by atoms with E-state index in [0.717, 1.165) is 9.75 Å². The molecule has 0 unspecified atom stereocenters. The van der Waals surface area contributed by atoms with E-state index in [0.29, 0.717) is 4.78 Å². The predicted octanol–water partition coefficient (Wildman–Crippen LogP) is 1.51. The van der Waals surface area contributed by atoms with Crippen LogP contribution in [-0.2, 0) is 18.9 Å². The third-order valence-electron chi connectivity index (χ3n) is 3.12. The van der Waals surface area contributed by atoms with Crippen molar-refractivity contribution in [1.29, 1.82) is 0 Å². The second-order valence-electron chi connectivity index (χ2n) is 5.10. The molecule has 0 saturated carbocycles. The fraction of sp³-hybridized carbons (Fsp3) is 0.286. The van der Waals surface area contributed by atoms with Crippen LogP contribution in [0.2, 0.25) is 0 Å². The molecular formula is C14H14BNO4S2. The van der Waals surface area contributed by atoms with Gasteiger partial charge < -0.3 is 9.31 Å². The van der Waals surface area contributed by atoms with Crippen molar-refractivity contribution < 1.29 is 18.9 Å². The monoisotopic (exact) mass is 335 g/mol. The molecule has 3 heterocycles. The van der Waals surface area contributed by atoms with E-state index in [1.165, 1.54) is 16.2 Å². The van der Waals surface area contributed by atoms with Crippen molar-refractivity contribution >= 4 is 46.5 Å². The molecule has 0 amide bonds. The van der Waals surface area contributed by atoms with Crippen molar-refractivity contribution in [3.05, 3.63) is 29.1 Å². The largest absolute Gasteiger partial charge is 0.647 e. The highest BCUT2D eigenvalue weighted by Gasteiger charge is 2.35. The molecule has 1 saturated heterocycles. The Labute approximate surface area is 136 Å². The van der Waals surface area contributed by atoms with Crippen LogP contribution in [0.5, 0.6) is 0 Å². The van der Waals surface area contributed by atoms with Gasteiger partial charge in [-0.05, 0) is 38.2 Å². The molecule has 22 heavy (non-hydrogen) atoms. The zero-order chi connectivity index (χ0) is 15.7. The Morgan fingerprint density at radius 3 is 2.18 bits per heavy atom. The van der Waals surface area contributed by atoms with E-state index in [1.54, 1.807) is 23.3 Å². The number of rotatable bonds is 2. The molecule has 5 nitrogen and oxygen atoms in total. The highest BCUT2D eigenvalue weighted by Crippen LogP contribution is 2.30. The Hall–Kier alpha value is -1.64. The molecular weight excluding hydrogens is 321 g/mol. The Bertz CT molecular complexity index is 691. The first-order valence-electron chi connectivity index (χ1n) is 6.75. The van der Waals surface area contributed by atoms with Crippen molar-refractivity contribution in [2.24, 2.45) is 0 Å². The number of carbonyl (C=O) groups excluding carboxylic acids is 2. The van der Waals surface area contributed by atoms with E-state index in [-0.39, 0.29) is 13.1 Å². The minimum atomic E-state index is -0.950. The van der Waals surface area contributed by atoms with Crippen LogP contribution < -0.4 is 4.78 Å². The van der Waals surface area contributed by atoms with Gasteiger partial charge in [0, 0.05) is 14.6 Å². The number of aryl methyl sites for hydroxylation is 1. The molecule has 8 heteroatoms. The van der Waals surface area contributed by atoms with E-state index in [1.807, 2.05) is 12.1 Å². The van der Waals surface area contributed by atoms with Crippen LogP contribution in [0.1, 0.15) is 4.88 Å². The molecule has 1 aliphatic heterocycles. The van der Waals surface area contributed by atoms with Gasteiger partial charge in [-0.1, -0.05) is 0 Å². The normalized spacial score (nSPS) is 16.9. The lowest BCUT2D eigenvalue weighted by Crippen LogP contribution is -2.47. The number of thiophene rings is 2. The van der Waals surface area contributed by atoms with E-state index in [4.69, 9.17) is 9.31 Å². The summed E-state index contributed by atoms with van der Waals surface area (Å²) in [7, 11) is 0.721. The summed E-state index contributed by atoms with van der Waals surface area (Å²) in [5, 5.41) is 0. The second kappa shape index (κ2) is 6.24. The summed E-state index contributed by atoms with van der Waals surface area (Å²) in [4.78, 5) is 28.6. The number of likely N-dealkylation sites (N-methyl/N-ethyl adjacent to an activating group) is 1. The van der Waals surface area contributed by atoms with Crippen molar-refractivity contribution in [2.45, 2.75) is 6.92 Å². The SMILES string of the molecule is Cc1ccc(-c2ccc(B3OC(=O)CN(C)CC(=O)O3)s2)s1. The Morgan fingerprint density at radius 2 is 1.59 bits per heavy atom. The Kier molecular flexibility index (Phi) is 4.33. The van der Waals surface area contributed by atoms with E-state index >= 15 is 0 Å². The molecule has 0 atom stereocenters. The topological polar surface area (TPSA) is 55.8 Å². The first-order valence-corrected chi connectivity index (χ1v) is 8.38. The number of hydrogen-bond donors (Lipinski definition) is 0. The first kappa shape index (κ1) is 15.3. The van der Waals surface area contributed by atoms with Crippen LogP contribution in [0, 0.1) is 6.92 Å². The zero-order valence-corrected chi connectivity index (χ0v) is 13.8. The molecule has 0 aromatic carbocycles. The summed E-state index contributed by atoms with van der Waals surface area (Å²) in [6, 6.07) is 7.91. The molecule has 0 aliphatic carbocycles. The third kappa shape index (κ3) is 3.40. The molecule has 3 rings (SSSR count). The quantitative estimate of drug-likeness (QED) is 0.779. The van der Waals surface area contributed by atoms with Crippen LogP contribution in [-0.4, -0.2) is 44.1 Å². The zero-order valence-electron chi connectivity index (χ0n) is 12.2. The van der Waals surface area contributed by atoms with Crippen molar-refractivity contribution in [3.8, 4) is 9.75 Å². The highest BCUT2D eigenvalue weighted by atomic mass is 32.1. The van der Waals surface area contributed by atoms with Crippen molar-refractivity contribution in [2.75, 3.05) is 20.1 Å². The molecule has 0 bridgehead atoms. The lowest BCUT2D eigenvalue weighted by Gasteiger charge is -2.21. The average molecular weight is 335 g/mol. The van der Waals surface area contributed by atoms with Gasteiger partial charge in [0.05, 0.1) is 17.9 Å². The maximum Gasteiger partial charge on any atom is 0.647 e. The summed E-state index contributed by atoms with van der Waals surface area (Å²) in [6.07, 6.45) is 0. The van der Waals surface area contributed by atoms with Gasteiger partial charge in [0.1, 0.15) is 0 Å². The van der Waals surface area contributed by atoms with Gasteiger partial charge >= 0.3 is 19.1 Å². The van der Waals surface area contributed by atoms with E-state index in [2.05, 4.69) is 19.1 Å². The lowest BCUT2D eigenvalue weighted by atomic mass is 9.87.